The van der Waals surface area contributed by atoms with Gasteiger partial charge < -0.3 is 14.6 Å². The molecule has 0 aromatic heterocycles. The summed E-state index contributed by atoms with van der Waals surface area (Å²) in [6, 6.07) is 2.53. The number of benzene rings is 1. The number of aliphatic carboxylic acids is 1. The number of nitrogens with zero attached hydrogens (tertiary/aromatic N) is 2. The monoisotopic (exact) mass is 376 g/mol. The Kier molecular flexibility index (Phi) is 7.98. The molecule has 3 unspecified atom stereocenters. The van der Waals surface area contributed by atoms with E-state index < -0.39 is 22.9 Å². The van der Waals surface area contributed by atoms with Gasteiger partial charge in [0.25, 0.3) is 5.69 Å². The molecule has 0 aliphatic carbocycles. The largest absolute Gasteiger partial charge is 0.493 e. The van der Waals surface area contributed by atoms with Crippen molar-refractivity contribution < 1.29 is 34.1 Å². The van der Waals surface area contributed by atoms with Crippen LogP contribution in [0.2, 0.25) is 0 Å². The second-order valence-electron chi connectivity index (χ2n) is 5.41. The molecule has 0 aliphatic rings. The Morgan fingerprint density at radius 3 is 2.52 bits per heavy atom. The van der Waals surface area contributed by atoms with Crippen LogP contribution in [-0.2, 0) is 16.0 Å². The summed E-state index contributed by atoms with van der Waals surface area (Å²) >= 11 is 0. The van der Waals surface area contributed by atoms with Crippen molar-refractivity contribution in [2.75, 3.05) is 7.11 Å². The number of rotatable bonds is 10. The molecule has 0 spiro atoms. The van der Waals surface area contributed by atoms with E-state index in [4.69, 9.17) is 14.6 Å². The SMILES string of the molecule is COc1cc(CN(O)OP)c([N+](=O)[O-])cc1OC(C)CC(C)C(=O)O. The zero-order valence-electron chi connectivity index (χ0n) is 14.0. The number of carboxylic acid groups (broad SMARTS) is 1. The molecule has 0 aliphatic heterocycles. The highest BCUT2D eigenvalue weighted by Gasteiger charge is 2.23. The molecule has 1 aromatic carbocycles. The van der Waals surface area contributed by atoms with E-state index in [-0.39, 0.29) is 35.7 Å². The highest BCUT2D eigenvalue weighted by atomic mass is 31.0. The van der Waals surface area contributed by atoms with Gasteiger partial charge in [0.1, 0.15) is 0 Å². The number of nitro benzene ring substituents is 1. The second-order valence-corrected chi connectivity index (χ2v) is 5.62. The van der Waals surface area contributed by atoms with Crippen molar-refractivity contribution in [3.8, 4) is 11.5 Å². The molecule has 0 heterocycles. The van der Waals surface area contributed by atoms with Gasteiger partial charge in [-0.15, -0.1) is 0 Å². The summed E-state index contributed by atoms with van der Waals surface area (Å²) in [7, 11) is 3.18. The van der Waals surface area contributed by atoms with E-state index in [0.29, 0.717) is 5.23 Å². The molecule has 0 amide bonds. The van der Waals surface area contributed by atoms with E-state index in [1.54, 1.807) is 13.8 Å². The number of methoxy groups -OCH3 is 1. The van der Waals surface area contributed by atoms with E-state index >= 15 is 0 Å². The van der Waals surface area contributed by atoms with Crippen LogP contribution in [-0.4, -0.2) is 39.6 Å². The minimum Gasteiger partial charge on any atom is -0.493 e. The average Bonchev–Trinajstić information content (AvgIpc) is 2.54. The molecular weight excluding hydrogens is 355 g/mol. The maximum atomic E-state index is 11.3. The molecule has 0 fully saturated rings. The molecular formula is C14H21N2O8P. The Labute approximate surface area is 146 Å². The van der Waals surface area contributed by atoms with Crippen molar-refractivity contribution in [1.29, 1.82) is 0 Å². The molecule has 25 heavy (non-hydrogen) atoms. The minimum absolute atomic E-state index is 0.110. The predicted molar refractivity (Wildman–Crippen MR) is 89.3 cm³/mol. The van der Waals surface area contributed by atoms with Gasteiger partial charge in [0, 0.05) is 9.47 Å². The summed E-state index contributed by atoms with van der Waals surface area (Å²) in [5.74, 6) is -1.26. The van der Waals surface area contributed by atoms with Gasteiger partial charge in [-0.1, -0.05) is 12.2 Å². The minimum atomic E-state index is -0.954. The van der Waals surface area contributed by atoms with Crippen LogP contribution in [0.3, 0.4) is 0 Å². The summed E-state index contributed by atoms with van der Waals surface area (Å²) in [5.41, 5.74) is -0.152. The Bertz CT molecular complexity index is 627. The molecule has 1 rings (SSSR count). The fourth-order valence-corrected chi connectivity index (χ4v) is 2.26. The van der Waals surface area contributed by atoms with Crippen LogP contribution < -0.4 is 9.47 Å². The summed E-state index contributed by atoms with van der Waals surface area (Å²) in [6.07, 6.45) is -0.283. The standard InChI is InChI=1S/C14H21N2O8P/c1-8(14(17)18)4-9(2)23-13-6-11(16(20)21)10(5-12(13)22-3)7-15(19)24-25/h5-6,8-9,19H,4,7,25H2,1-3H3,(H,17,18). The maximum Gasteiger partial charge on any atom is 0.306 e. The first kappa shape index (κ1) is 21.0. The topological polar surface area (TPSA) is 132 Å². The van der Waals surface area contributed by atoms with Gasteiger partial charge in [0.2, 0.25) is 0 Å². The van der Waals surface area contributed by atoms with Gasteiger partial charge in [-0.3, -0.25) is 24.7 Å². The van der Waals surface area contributed by atoms with E-state index in [1.165, 1.54) is 19.2 Å². The number of hydrogen-bond acceptors (Lipinski definition) is 8. The summed E-state index contributed by atoms with van der Waals surface area (Å²) in [6.45, 7) is 2.93. The van der Waals surface area contributed by atoms with Crippen LogP contribution in [0, 0.1) is 16.0 Å². The van der Waals surface area contributed by atoms with E-state index in [2.05, 4.69) is 4.62 Å². The Balaban J connectivity index is 3.12. The number of carboxylic acids is 1. The van der Waals surface area contributed by atoms with Crippen LogP contribution >= 0.6 is 9.47 Å². The molecule has 1 aromatic rings. The number of ether oxygens (including phenoxy) is 2. The number of hydrogen-bond donors (Lipinski definition) is 2. The van der Waals surface area contributed by atoms with E-state index in [9.17, 15) is 20.1 Å². The molecule has 10 nitrogen and oxygen atoms in total. The fraction of sp³-hybridized carbons (Fsp3) is 0.500. The van der Waals surface area contributed by atoms with E-state index in [0.717, 1.165) is 0 Å². The quantitative estimate of drug-likeness (QED) is 0.359. The van der Waals surface area contributed by atoms with Gasteiger partial charge in [-0.25, -0.2) is 0 Å². The highest BCUT2D eigenvalue weighted by molar-refractivity contribution is 7.09. The van der Waals surface area contributed by atoms with Gasteiger partial charge in [-0.2, -0.15) is 0 Å². The third kappa shape index (κ3) is 6.09. The molecule has 11 heteroatoms. The summed E-state index contributed by atoms with van der Waals surface area (Å²) in [4.78, 5) is 21.6. The van der Waals surface area contributed by atoms with Gasteiger partial charge in [0.05, 0.1) is 42.2 Å². The summed E-state index contributed by atoms with van der Waals surface area (Å²) in [5, 5.41) is 30.0. The van der Waals surface area contributed by atoms with Crippen molar-refractivity contribution in [1.82, 2.24) is 5.23 Å². The van der Waals surface area contributed by atoms with Crippen LogP contribution in [0.5, 0.6) is 11.5 Å². The third-order valence-electron chi connectivity index (χ3n) is 3.42. The smallest absolute Gasteiger partial charge is 0.306 e. The van der Waals surface area contributed by atoms with Crippen LogP contribution in [0.25, 0.3) is 0 Å². The first-order valence-electron chi connectivity index (χ1n) is 7.27. The van der Waals surface area contributed by atoms with Gasteiger partial charge >= 0.3 is 5.97 Å². The van der Waals surface area contributed by atoms with Crippen LogP contribution in [0.4, 0.5) is 5.69 Å². The van der Waals surface area contributed by atoms with Crippen molar-refractivity contribution >= 4 is 21.1 Å². The van der Waals surface area contributed by atoms with Crippen LogP contribution in [0.1, 0.15) is 25.8 Å². The zero-order chi connectivity index (χ0) is 19.1. The first-order valence-corrected chi connectivity index (χ1v) is 7.74. The zero-order valence-corrected chi connectivity index (χ0v) is 15.2. The van der Waals surface area contributed by atoms with Crippen molar-refractivity contribution in [3.05, 3.63) is 27.8 Å². The number of nitro groups is 1. The second kappa shape index (κ2) is 9.47. The molecule has 2 N–H and O–H groups in total. The van der Waals surface area contributed by atoms with Gasteiger partial charge in [0.15, 0.2) is 11.5 Å². The normalized spacial score (nSPS) is 13.4. The van der Waals surface area contributed by atoms with E-state index in [1.807, 2.05) is 9.47 Å². The van der Waals surface area contributed by atoms with Crippen molar-refractivity contribution in [3.63, 3.8) is 0 Å². The van der Waals surface area contributed by atoms with Crippen molar-refractivity contribution in [2.24, 2.45) is 5.92 Å². The number of hydroxylamine groups is 2. The van der Waals surface area contributed by atoms with Crippen molar-refractivity contribution in [2.45, 2.75) is 32.9 Å². The molecule has 0 bridgehead atoms. The number of carbonyl (C=O) groups is 1. The van der Waals surface area contributed by atoms with Crippen LogP contribution in [0.15, 0.2) is 12.1 Å². The lowest BCUT2D eigenvalue weighted by atomic mass is 10.0. The molecule has 0 radical (unpaired) electrons. The van der Waals surface area contributed by atoms with Gasteiger partial charge in [-0.05, 0) is 19.4 Å². The molecule has 0 saturated carbocycles. The molecule has 3 atom stereocenters. The predicted octanol–water partition coefficient (Wildman–Crippen LogP) is 2.39. The Morgan fingerprint density at radius 2 is 2.04 bits per heavy atom. The molecule has 0 saturated heterocycles. The Hall–Kier alpha value is -2.00. The Morgan fingerprint density at radius 1 is 1.40 bits per heavy atom. The highest BCUT2D eigenvalue weighted by Crippen LogP contribution is 2.36. The lowest BCUT2D eigenvalue weighted by molar-refractivity contribution is -0.386. The summed E-state index contributed by atoms with van der Waals surface area (Å²) < 4.78 is 15.3. The molecule has 140 valence electrons. The fourth-order valence-electron chi connectivity index (χ4n) is 2.19. The maximum absolute atomic E-state index is 11.3. The average molecular weight is 376 g/mol. The lowest BCUT2D eigenvalue weighted by Crippen LogP contribution is -2.21. The third-order valence-corrected chi connectivity index (χ3v) is 3.67. The lowest BCUT2D eigenvalue weighted by Gasteiger charge is -2.19. The first-order chi connectivity index (χ1) is 11.7.